The minimum Gasteiger partial charge on any atom is -0.380 e. The summed E-state index contributed by atoms with van der Waals surface area (Å²) in [6.45, 7) is 0.552. The van der Waals surface area contributed by atoms with Crippen LogP contribution in [-0.2, 0) is 21.9 Å². The lowest BCUT2D eigenvalue weighted by molar-refractivity contribution is -0.115. The highest BCUT2D eigenvalue weighted by molar-refractivity contribution is 7.98. The lowest BCUT2D eigenvalue weighted by Crippen LogP contribution is -2.12. The standard InChI is InChI=1S/C18H21NO2S/c1-21-13-16-8-5-9-17(12-16)19-18(20)10-11-22-14-15-6-3-2-4-7-15/h2-9,12H,10-11,13-14H2,1H3,(H,19,20). The van der Waals surface area contributed by atoms with Crippen molar-refractivity contribution in [3.05, 3.63) is 65.7 Å². The van der Waals surface area contributed by atoms with E-state index in [0.29, 0.717) is 13.0 Å². The molecule has 2 aromatic rings. The Morgan fingerprint density at radius 2 is 1.86 bits per heavy atom. The zero-order chi connectivity index (χ0) is 15.6. The number of rotatable bonds is 8. The molecule has 2 aromatic carbocycles. The number of amides is 1. The number of carbonyl (C=O) groups is 1. The molecule has 0 aliphatic carbocycles. The van der Waals surface area contributed by atoms with Crippen LogP contribution >= 0.6 is 11.8 Å². The summed E-state index contributed by atoms with van der Waals surface area (Å²) in [6, 6.07) is 18.0. The van der Waals surface area contributed by atoms with Gasteiger partial charge in [0.25, 0.3) is 0 Å². The van der Waals surface area contributed by atoms with E-state index in [1.54, 1.807) is 18.9 Å². The molecule has 0 spiro atoms. The Bertz CT molecular complexity index is 587. The summed E-state index contributed by atoms with van der Waals surface area (Å²) >= 11 is 1.78. The van der Waals surface area contributed by atoms with Crippen molar-refractivity contribution in [2.24, 2.45) is 0 Å². The molecule has 0 unspecified atom stereocenters. The molecule has 1 N–H and O–H groups in total. The van der Waals surface area contributed by atoms with Crippen LogP contribution in [0.15, 0.2) is 54.6 Å². The van der Waals surface area contributed by atoms with E-state index in [9.17, 15) is 4.79 Å². The molecule has 0 aliphatic heterocycles. The van der Waals surface area contributed by atoms with Gasteiger partial charge in [0.1, 0.15) is 0 Å². The van der Waals surface area contributed by atoms with Crippen LogP contribution in [0.25, 0.3) is 0 Å². The van der Waals surface area contributed by atoms with Crippen LogP contribution in [0.2, 0.25) is 0 Å². The van der Waals surface area contributed by atoms with Gasteiger partial charge >= 0.3 is 0 Å². The van der Waals surface area contributed by atoms with Gasteiger partial charge in [-0.05, 0) is 23.3 Å². The van der Waals surface area contributed by atoms with Crippen molar-refractivity contribution in [3.8, 4) is 0 Å². The fourth-order valence-electron chi connectivity index (χ4n) is 2.06. The topological polar surface area (TPSA) is 38.3 Å². The second-order valence-electron chi connectivity index (χ2n) is 4.97. The van der Waals surface area contributed by atoms with Crippen LogP contribution in [0.3, 0.4) is 0 Å². The first kappa shape index (κ1) is 16.6. The number of nitrogens with one attached hydrogen (secondary N) is 1. The smallest absolute Gasteiger partial charge is 0.225 e. The van der Waals surface area contributed by atoms with E-state index in [-0.39, 0.29) is 5.91 Å². The minimum atomic E-state index is 0.0510. The maximum Gasteiger partial charge on any atom is 0.225 e. The number of carbonyl (C=O) groups excluding carboxylic acids is 1. The average Bonchev–Trinajstić information content (AvgIpc) is 2.53. The van der Waals surface area contributed by atoms with Gasteiger partial charge in [0, 0.05) is 30.7 Å². The van der Waals surface area contributed by atoms with E-state index >= 15 is 0 Å². The molecule has 0 aliphatic rings. The van der Waals surface area contributed by atoms with E-state index in [1.165, 1.54) is 5.56 Å². The highest BCUT2D eigenvalue weighted by Crippen LogP contribution is 2.14. The van der Waals surface area contributed by atoms with E-state index in [2.05, 4.69) is 17.4 Å². The van der Waals surface area contributed by atoms with Gasteiger partial charge in [-0.2, -0.15) is 11.8 Å². The Morgan fingerprint density at radius 3 is 2.64 bits per heavy atom. The van der Waals surface area contributed by atoms with Crippen molar-refractivity contribution >= 4 is 23.4 Å². The second-order valence-corrected chi connectivity index (χ2v) is 6.07. The summed E-state index contributed by atoms with van der Waals surface area (Å²) in [6.07, 6.45) is 0.520. The molecule has 3 nitrogen and oxygen atoms in total. The molecular weight excluding hydrogens is 294 g/mol. The van der Waals surface area contributed by atoms with E-state index in [0.717, 1.165) is 22.8 Å². The molecular formula is C18H21NO2S. The second kappa shape index (κ2) is 9.28. The van der Waals surface area contributed by atoms with Crippen molar-refractivity contribution in [1.29, 1.82) is 0 Å². The van der Waals surface area contributed by atoms with Gasteiger partial charge in [-0.3, -0.25) is 4.79 Å². The quantitative estimate of drug-likeness (QED) is 0.746. The maximum atomic E-state index is 11.9. The normalized spacial score (nSPS) is 10.4. The number of benzene rings is 2. The number of thioether (sulfide) groups is 1. The molecule has 1 amide bonds. The lowest BCUT2D eigenvalue weighted by atomic mass is 10.2. The van der Waals surface area contributed by atoms with Crippen molar-refractivity contribution in [3.63, 3.8) is 0 Å². The number of ether oxygens (including phenoxy) is 1. The van der Waals surface area contributed by atoms with Crippen LogP contribution < -0.4 is 5.32 Å². The first-order valence-electron chi connectivity index (χ1n) is 7.27. The summed E-state index contributed by atoms with van der Waals surface area (Å²) in [5.41, 5.74) is 3.17. The molecule has 0 fully saturated rings. The molecule has 0 radical (unpaired) electrons. The molecule has 0 heterocycles. The largest absolute Gasteiger partial charge is 0.380 e. The van der Waals surface area contributed by atoms with Crippen LogP contribution in [0.4, 0.5) is 5.69 Å². The first-order valence-corrected chi connectivity index (χ1v) is 8.43. The molecule has 0 atom stereocenters. The SMILES string of the molecule is COCc1cccc(NC(=O)CCSCc2ccccc2)c1. The molecule has 116 valence electrons. The summed E-state index contributed by atoms with van der Waals surface area (Å²) in [7, 11) is 1.66. The van der Waals surface area contributed by atoms with E-state index in [4.69, 9.17) is 4.74 Å². The van der Waals surface area contributed by atoms with Crippen LogP contribution in [0, 0.1) is 0 Å². The fraction of sp³-hybridized carbons (Fsp3) is 0.278. The van der Waals surface area contributed by atoms with Gasteiger partial charge in [-0.15, -0.1) is 0 Å². The monoisotopic (exact) mass is 315 g/mol. The molecule has 0 aromatic heterocycles. The predicted molar refractivity (Wildman–Crippen MR) is 93.0 cm³/mol. The number of hydrogen-bond donors (Lipinski definition) is 1. The van der Waals surface area contributed by atoms with Gasteiger partial charge in [0.2, 0.25) is 5.91 Å². The van der Waals surface area contributed by atoms with Crippen molar-refractivity contribution in [1.82, 2.24) is 0 Å². The summed E-state index contributed by atoms with van der Waals surface area (Å²) in [5.74, 6) is 1.81. The third kappa shape index (κ3) is 5.92. The number of hydrogen-bond acceptors (Lipinski definition) is 3. The number of methoxy groups -OCH3 is 1. The third-order valence-electron chi connectivity index (χ3n) is 3.11. The minimum absolute atomic E-state index is 0.0510. The molecule has 4 heteroatoms. The Balaban J connectivity index is 1.70. The highest BCUT2D eigenvalue weighted by atomic mass is 32.2. The molecule has 2 rings (SSSR count). The number of anilines is 1. The predicted octanol–water partition coefficient (Wildman–Crippen LogP) is 4.10. The summed E-state index contributed by atoms with van der Waals surface area (Å²) < 4.78 is 5.09. The van der Waals surface area contributed by atoms with Gasteiger partial charge in [-0.25, -0.2) is 0 Å². The highest BCUT2D eigenvalue weighted by Gasteiger charge is 2.03. The van der Waals surface area contributed by atoms with Crippen LogP contribution in [-0.4, -0.2) is 18.8 Å². The molecule has 0 saturated carbocycles. The Kier molecular flexibility index (Phi) is 7.00. The average molecular weight is 315 g/mol. The molecule has 0 bridgehead atoms. The maximum absolute atomic E-state index is 11.9. The zero-order valence-corrected chi connectivity index (χ0v) is 13.6. The van der Waals surface area contributed by atoms with Crippen molar-refractivity contribution < 1.29 is 9.53 Å². The molecule has 22 heavy (non-hydrogen) atoms. The Morgan fingerprint density at radius 1 is 1.09 bits per heavy atom. The zero-order valence-electron chi connectivity index (χ0n) is 12.7. The molecule has 0 saturated heterocycles. The first-order chi connectivity index (χ1) is 10.8. The lowest BCUT2D eigenvalue weighted by Gasteiger charge is -2.07. The van der Waals surface area contributed by atoms with E-state index < -0.39 is 0 Å². The fourth-order valence-corrected chi connectivity index (χ4v) is 2.96. The summed E-state index contributed by atoms with van der Waals surface area (Å²) in [4.78, 5) is 11.9. The van der Waals surface area contributed by atoms with Crippen LogP contribution in [0.5, 0.6) is 0 Å². The van der Waals surface area contributed by atoms with Gasteiger partial charge in [-0.1, -0.05) is 42.5 Å². The van der Waals surface area contributed by atoms with Crippen molar-refractivity contribution in [2.75, 3.05) is 18.2 Å². The van der Waals surface area contributed by atoms with E-state index in [1.807, 2.05) is 42.5 Å². The third-order valence-corrected chi connectivity index (χ3v) is 4.14. The summed E-state index contributed by atoms with van der Waals surface area (Å²) in [5, 5.41) is 2.93. The van der Waals surface area contributed by atoms with Crippen LogP contribution in [0.1, 0.15) is 17.5 Å². The van der Waals surface area contributed by atoms with Crippen molar-refractivity contribution in [2.45, 2.75) is 18.8 Å². The van der Waals surface area contributed by atoms with Gasteiger partial charge < -0.3 is 10.1 Å². The van der Waals surface area contributed by atoms with Gasteiger partial charge in [0.15, 0.2) is 0 Å². The van der Waals surface area contributed by atoms with Gasteiger partial charge in [0.05, 0.1) is 6.61 Å². The Hall–Kier alpha value is -1.78. The Labute approximate surface area is 136 Å².